The Morgan fingerprint density at radius 1 is 1.39 bits per heavy atom. The van der Waals surface area contributed by atoms with Gasteiger partial charge in [-0.15, -0.1) is 0 Å². The molecule has 8 nitrogen and oxygen atoms in total. The molecule has 2 aromatic rings. The van der Waals surface area contributed by atoms with Gasteiger partial charge in [0.25, 0.3) is 0 Å². The van der Waals surface area contributed by atoms with Crippen LogP contribution in [0.1, 0.15) is 25.7 Å². The van der Waals surface area contributed by atoms with Crippen LogP contribution in [0.2, 0.25) is 0 Å². The molecule has 1 saturated heterocycles. The number of fused-ring (bicyclic) bond motifs is 1. The van der Waals surface area contributed by atoms with Crippen LogP contribution in [0.15, 0.2) is 18.6 Å². The molecule has 2 aromatic heterocycles. The van der Waals surface area contributed by atoms with Crippen LogP contribution in [-0.2, 0) is 14.5 Å². The first-order valence-electron chi connectivity index (χ1n) is 9.64. The molecule has 0 amide bonds. The van der Waals surface area contributed by atoms with E-state index in [4.69, 9.17) is 16.1 Å². The summed E-state index contributed by atoms with van der Waals surface area (Å²) in [5.41, 5.74) is 0.840. The summed E-state index contributed by atoms with van der Waals surface area (Å²) in [5, 5.41) is 1.02. The Hall–Kier alpha value is -2.18. The SMILES string of the molecule is [C-]#[N+]CC1(S(=N)(=O)CC2CCC(N(C)c3ncnc4[nH]ccc34)CC2)COC1. The Kier molecular flexibility index (Phi) is 5.02. The highest BCUT2D eigenvalue weighted by Crippen LogP contribution is 2.36. The molecule has 1 aliphatic heterocycles. The monoisotopic (exact) mass is 402 g/mol. The van der Waals surface area contributed by atoms with Crippen molar-refractivity contribution < 1.29 is 8.95 Å². The van der Waals surface area contributed by atoms with Crippen LogP contribution in [0.5, 0.6) is 0 Å². The first kappa shape index (κ1) is 19.2. The van der Waals surface area contributed by atoms with Crippen molar-refractivity contribution in [2.45, 2.75) is 36.5 Å². The van der Waals surface area contributed by atoms with E-state index < -0.39 is 14.5 Å². The zero-order chi connectivity index (χ0) is 19.8. The summed E-state index contributed by atoms with van der Waals surface area (Å²) in [6.45, 7) is 7.85. The highest BCUT2D eigenvalue weighted by Gasteiger charge is 2.51. The van der Waals surface area contributed by atoms with Crippen molar-refractivity contribution in [3.05, 3.63) is 30.0 Å². The number of hydrogen-bond acceptors (Lipinski definition) is 6. The smallest absolute Gasteiger partial charge is 0.237 e. The average Bonchev–Trinajstić information content (AvgIpc) is 3.13. The van der Waals surface area contributed by atoms with Crippen LogP contribution in [0.4, 0.5) is 5.82 Å². The second kappa shape index (κ2) is 7.33. The van der Waals surface area contributed by atoms with Crippen LogP contribution in [0.25, 0.3) is 15.9 Å². The minimum atomic E-state index is -2.84. The molecule has 3 heterocycles. The molecular formula is C19H26N6O2S. The number of anilines is 1. The average molecular weight is 403 g/mol. The second-order valence-electron chi connectivity index (χ2n) is 8.06. The van der Waals surface area contributed by atoms with Gasteiger partial charge in [0.2, 0.25) is 6.54 Å². The summed E-state index contributed by atoms with van der Waals surface area (Å²) < 4.78 is 26.1. The quantitative estimate of drug-likeness (QED) is 0.724. The number of H-pyrrole nitrogens is 1. The van der Waals surface area contributed by atoms with Gasteiger partial charge in [0.15, 0.2) is 4.75 Å². The zero-order valence-electron chi connectivity index (χ0n) is 16.1. The van der Waals surface area contributed by atoms with E-state index in [1.165, 1.54) is 0 Å². The Morgan fingerprint density at radius 2 is 2.14 bits per heavy atom. The molecule has 150 valence electrons. The fourth-order valence-electron chi connectivity index (χ4n) is 4.38. The first-order chi connectivity index (χ1) is 13.5. The van der Waals surface area contributed by atoms with E-state index in [1.54, 1.807) is 6.33 Å². The van der Waals surface area contributed by atoms with Crippen molar-refractivity contribution in [2.24, 2.45) is 5.92 Å². The maximum atomic E-state index is 13.1. The molecule has 2 N–H and O–H groups in total. The molecule has 1 unspecified atom stereocenters. The fourth-order valence-corrected chi connectivity index (χ4v) is 6.55. The van der Waals surface area contributed by atoms with Crippen LogP contribution >= 0.6 is 0 Å². The summed E-state index contributed by atoms with van der Waals surface area (Å²) in [6.07, 6.45) is 7.32. The Balaban J connectivity index is 1.40. The maximum Gasteiger partial charge on any atom is 0.237 e. The predicted molar refractivity (Wildman–Crippen MR) is 109 cm³/mol. The van der Waals surface area contributed by atoms with Crippen LogP contribution in [0.3, 0.4) is 0 Å². The summed E-state index contributed by atoms with van der Waals surface area (Å²) in [4.78, 5) is 17.5. The van der Waals surface area contributed by atoms with Gasteiger partial charge in [-0.25, -0.2) is 20.7 Å². The number of ether oxygens (including phenoxy) is 1. The molecule has 0 aromatic carbocycles. The molecule has 1 saturated carbocycles. The molecule has 2 fully saturated rings. The summed E-state index contributed by atoms with van der Waals surface area (Å²) >= 11 is 0. The van der Waals surface area contributed by atoms with Crippen LogP contribution in [0, 0.1) is 17.3 Å². The molecule has 0 bridgehead atoms. The molecule has 0 spiro atoms. The normalized spacial score (nSPS) is 26.1. The molecule has 0 radical (unpaired) electrons. The highest BCUT2D eigenvalue weighted by atomic mass is 32.2. The highest BCUT2D eigenvalue weighted by molar-refractivity contribution is 7.94. The molecule has 1 aliphatic carbocycles. The van der Waals surface area contributed by atoms with E-state index in [0.717, 1.165) is 42.5 Å². The van der Waals surface area contributed by atoms with Gasteiger partial charge in [0.05, 0.1) is 28.3 Å². The van der Waals surface area contributed by atoms with Gasteiger partial charge in [-0.2, -0.15) is 0 Å². The van der Waals surface area contributed by atoms with Crippen LogP contribution in [-0.4, -0.2) is 62.5 Å². The van der Waals surface area contributed by atoms with E-state index >= 15 is 0 Å². The van der Waals surface area contributed by atoms with Gasteiger partial charge in [0, 0.05) is 25.0 Å². The number of nitrogens with one attached hydrogen (secondary N) is 2. The number of rotatable bonds is 6. The minimum Gasteiger partial charge on any atom is -0.377 e. The van der Waals surface area contributed by atoms with Gasteiger partial charge in [-0.1, -0.05) is 0 Å². The standard InChI is InChI=1S/C19H26N6O2S/c1-21-10-19(11-27-12-19)28(20,26)9-14-3-5-15(6-4-14)25(2)18-16-7-8-22-17(16)23-13-24-18/h7-8,13-15,20H,3-6,9-12H2,2H3,(H,22,23,24). The van der Waals surface area contributed by atoms with E-state index in [1.807, 2.05) is 12.3 Å². The van der Waals surface area contributed by atoms with Crippen molar-refractivity contribution in [1.82, 2.24) is 15.0 Å². The predicted octanol–water partition coefficient (Wildman–Crippen LogP) is 2.69. The molecule has 2 aliphatic rings. The zero-order valence-corrected chi connectivity index (χ0v) is 16.9. The van der Waals surface area contributed by atoms with Gasteiger partial charge in [0.1, 0.15) is 17.8 Å². The lowest BCUT2D eigenvalue weighted by Crippen LogP contribution is -2.58. The lowest BCUT2D eigenvalue weighted by molar-refractivity contribution is -0.00489. The van der Waals surface area contributed by atoms with E-state index in [-0.39, 0.29) is 25.7 Å². The van der Waals surface area contributed by atoms with Crippen molar-refractivity contribution in [1.29, 1.82) is 4.78 Å². The minimum absolute atomic E-state index is 0.133. The number of aromatic amines is 1. The van der Waals surface area contributed by atoms with Crippen molar-refractivity contribution in [3.63, 3.8) is 0 Å². The van der Waals surface area contributed by atoms with Gasteiger partial charge in [-0.3, -0.25) is 4.78 Å². The molecule has 28 heavy (non-hydrogen) atoms. The van der Waals surface area contributed by atoms with E-state index in [2.05, 4.69) is 31.7 Å². The number of aromatic nitrogens is 3. The van der Waals surface area contributed by atoms with E-state index in [9.17, 15) is 4.21 Å². The Labute approximate surface area is 165 Å². The maximum absolute atomic E-state index is 13.1. The third-order valence-electron chi connectivity index (χ3n) is 6.30. The topological polar surface area (TPSA) is 99.3 Å². The molecule has 9 heteroatoms. The summed E-state index contributed by atoms with van der Waals surface area (Å²) in [6, 6.07) is 2.37. The van der Waals surface area contributed by atoms with Crippen LogP contribution < -0.4 is 4.90 Å². The van der Waals surface area contributed by atoms with Crippen molar-refractivity contribution in [2.75, 3.05) is 37.5 Å². The summed E-state index contributed by atoms with van der Waals surface area (Å²) in [7, 11) is -0.762. The second-order valence-corrected chi connectivity index (χ2v) is 10.6. The van der Waals surface area contributed by atoms with Crippen molar-refractivity contribution in [3.8, 4) is 0 Å². The van der Waals surface area contributed by atoms with Gasteiger partial charge >= 0.3 is 0 Å². The fraction of sp³-hybridized carbons (Fsp3) is 0.632. The Bertz CT molecular complexity index is 983. The summed E-state index contributed by atoms with van der Waals surface area (Å²) in [5.74, 6) is 1.59. The third-order valence-corrected chi connectivity index (χ3v) is 9.00. The van der Waals surface area contributed by atoms with Gasteiger partial charge in [-0.05, 0) is 37.7 Å². The largest absolute Gasteiger partial charge is 0.377 e. The van der Waals surface area contributed by atoms with Gasteiger partial charge < -0.3 is 19.5 Å². The molecule has 4 rings (SSSR count). The van der Waals surface area contributed by atoms with Crippen molar-refractivity contribution >= 4 is 26.6 Å². The first-order valence-corrected chi connectivity index (χ1v) is 11.4. The lowest BCUT2D eigenvalue weighted by Gasteiger charge is -2.41. The third kappa shape index (κ3) is 3.25. The number of hydrogen-bond donors (Lipinski definition) is 2. The molecular weight excluding hydrogens is 376 g/mol. The number of nitrogens with zero attached hydrogens (tertiary/aromatic N) is 4. The lowest BCUT2D eigenvalue weighted by atomic mass is 9.86. The Morgan fingerprint density at radius 3 is 2.79 bits per heavy atom. The molecule has 1 atom stereocenters. The van der Waals surface area contributed by atoms with E-state index in [0.29, 0.717) is 11.8 Å².